The molecule has 5 heteroatoms. The van der Waals surface area contributed by atoms with Crippen molar-refractivity contribution in [2.45, 2.75) is 24.5 Å². The highest BCUT2D eigenvalue weighted by atomic mass is 79.9. The normalized spacial score (nSPS) is 18.9. The lowest BCUT2D eigenvalue weighted by Gasteiger charge is -2.21. The number of amides is 1. The molecule has 0 spiro atoms. The number of thioether (sulfide) groups is 1. The molecule has 1 aromatic carbocycles. The highest BCUT2D eigenvalue weighted by Crippen LogP contribution is 2.26. The van der Waals surface area contributed by atoms with Crippen LogP contribution in [0.2, 0.25) is 0 Å². The molecule has 1 N–H and O–H groups in total. The van der Waals surface area contributed by atoms with E-state index in [2.05, 4.69) is 21.2 Å². The maximum absolute atomic E-state index is 12.1. The average molecular weight is 344 g/mol. The van der Waals surface area contributed by atoms with Gasteiger partial charge >= 0.3 is 0 Å². The molecule has 2 rings (SSSR count). The van der Waals surface area contributed by atoms with Crippen LogP contribution in [0.4, 0.5) is 0 Å². The molecule has 1 aliphatic heterocycles. The Bertz CT molecular complexity index is 447. The lowest BCUT2D eigenvalue weighted by Crippen LogP contribution is -2.31. The van der Waals surface area contributed by atoms with Gasteiger partial charge < -0.3 is 10.1 Å². The smallest absolute Gasteiger partial charge is 0.251 e. The van der Waals surface area contributed by atoms with E-state index < -0.39 is 0 Å². The molecule has 0 aliphatic carbocycles. The molecule has 1 aliphatic rings. The van der Waals surface area contributed by atoms with Crippen molar-refractivity contribution in [2.24, 2.45) is 0 Å². The monoisotopic (exact) mass is 343 g/mol. The Labute approximate surface area is 126 Å². The van der Waals surface area contributed by atoms with Crippen LogP contribution >= 0.6 is 27.7 Å². The van der Waals surface area contributed by atoms with Gasteiger partial charge in [-0.2, -0.15) is 11.8 Å². The van der Waals surface area contributed by atoms with Gasteiger partial charge in [-0.05, 0) is 52.7 Å². The second-order valence-corrected chi connectivity index (χ2v) is 6.81. The summed E-state index contributed by atoms with van der Waals surface area (Å²) in [6, 6.07) is 5.38. The summed E-state index contributed by atoms with van der Waals surface area (Å²) in [6.45, 7) is 0.757. The second kappa shape index (κ2) is 7.20. The second-order valence-electron chi connectivity index (χ2n) is 4.55. The fraction of sp³-hybridized carbons (Fsp3) is 0.500. The highest BCUT2D eigenvalue weighted by molar-refractivity contribution is 9.10. The third kappa shape index (κ3) is 4.14. The minimum Gasteiger partial charge on any atom is -0.496 e. The summed E-state index contributed by atoms with van der Waals surface area (Å²) in [5, 5.41) is 3.58. The first-order chi connectivity index (χ1) is 9.20. The van der Waals surface area contributed by atoms with E-state index in [-0.39, 0.29) is 5.91 Å². The van der Waals surface area contributed by atoms with Crippen molar-refractivity contribution < 1.29 is 9.53 Å². The van der Waals surface area contributed by atoms with E-state index in [1.54, 1.807) is 25.3 Å². The lowest BCUT2D eigenvalue weighted by atomic mass is 10.1. The SMILES string of the molecule is COc1ccc(C(=O)NCC2CCCCS2)cc1Br. The van der Waals surface area contributed by atoms with Crippen LogP contribution in [0.25, 0.3) is 0 Å². The molecule has 1 aromatic rings. The number of halogens is 1. The quantitative estimate of drug-likeness (QED) is 0.909. The molecule has 1 fully saturated rings. The van der Waals surface area contributed by atoms with Gasteiger partial charge in [-0.25, -0.2) is 0 Å². The van der Waals surface area contributed by atoms with Crippen molar-refractivity contribution in [1.82, 2.24) is 5.32 Å². The molecule has 1 unspecified atom stereocenters. The zero-order valence-electron chi connectivity index (χ0n) is 10.9. The van der Waals surface area contributed by atoms with E-state index in [4.69, 9.17) is 4.74 Å². The highest BCUT2D eigenvalue weighted by Gasteiger charge is 2.15. The van der Waals surface area contributed by atoms with Crippen LogP contribution in [0.3, 0.4) is 0 Å². The number of hydrogen-bond acceptors (Lipinski definition) is 3. The van der Waals surface area contributed by atoms with Gasteiger partial charge in [0.15, 0.2) is 0 Å². The minimum atomic E-state index is -0.0190. The summed E-state index contributed by atoms with van der Waals surface area (Å²) < 4.78 is 5.95. The molecular formula is C14H18BrNO2S. The predicted molar refractivity (Wildman–Crippen MR) is 83.1 cm³/mol. The largest absolute Gasteiger partial charge is 0.496 e. The number of hydrogen-bond donors (Lipinski definition) is 1. The van der Waals surface area contributed by atoms with E-state index in [9.17, 15) is 4.79 Å². The van der Waals surface area contributed by atoms with E-state index in [1.807, 2.05) is 11.8 Å². The number of rotatable bonds is 4. The van der Waals surface area contributed by atoms with E-state index >= 15 is 0 Å². The zero-order chi connectivity index (χ0) is 13.7. The van der Waals surface area contributed by atoms with Crippen molar-refractivity contribution in [3.63, 3.8) is 0 Å². The molecule has 1 atom stereocenters. The van der Waals surface area contributed by atoms with Gasteiger partial charge in [-0.1, -0.05) is 6.42 Å². The number of carbonyl (C=O) groups is 1. The predicted octanol–water partition coefficient (Wildman–Crippen LogP) is 3.47. The minimum absolute atomic E-state index is 0.0190. The fourth-order valence-corrected chi connectivity index (χ4v) is 3.86. The first-order valence-electron chi connectivity index (χ1n) is 6.44. The van der Waals surface area contributed by atoms with Crippen LogP contribution in [0, 0.1) is 0 Å². The van der Waals surface area contributed by atoms with Crippen LogP contribution in [-0.2, 0) is 0 Å². The molecule has 1 amide bonds. The van der Waals surface area contributed by atoms with Crippen molar-refractivity contribution in [3.8, 4) is 5.75 Å². The summed E-state index contributed by atoms with van der Waals surface area (Å²) in [5.74, 6) is 1.93. The number of methoxy groups -OCH3 is 1. The van der Waals surface area contributed by atoms with E-state index in [0.717, 1.165) is 16.8 Å². The first-order valence-corrected chi connectivity index (χ1v) is 8.28. The Morgan fingerprint density at radius 2 is 2.37 bits per heavy atom. The number of nitrogens with one attached hydrogen (secondary N) is 1. The van der Waals surface area contributed by atoms with Gasteiger partial charge in [0.1, 0.15) is 5.75 Å². The number of benzene rings is 1. The summed E-state index contributed by atoms with van der Waals surface area (Å²) in [4.78, 5) is 12.1. The Kier molecular flexibility index (Phi) is 5.58. The first kappa shape index (κ1) is 14.7. The van der Waals surface area contributed by atoms with E-state index in [0.29, 0.717) is 10.8 Å². The van der Waals surface area contributed by atoms with Crippen LogP contribution in [0.5, 0.6) is 5.75 Å². The molecule has 19 heavy (non-hydrogen) atoms. The Morgan fingerprint density at radius 3 is 3.00 bits per heavy atom. The standard InChI is InChI=1S/C14H18BrNO2S/c1-18-13-6-5-10(8-12(13)15)14(17)16-9-11-4-2-3-7-19-11/h5-6,8,11H,2-4,7,9H2,1H3,(H,16,17). The van der Waals surface area contributed by atoms with Crippen LogP contribution in [0.1, 0.15) is 29.6 Å². The molecule has 0 bridgehead atoms. The van der Waals surface area contributed by atoms with Gasteiger partial charge in [0.05, 0.1) is 11.6 Å². The maximum atomic E-state index is 12.1. The van der Waals surface area contributed by atoms with E-state index in [1.165, 1.54) is 25.0 Å². The van der Waals surface area contributed by atoms with Gasteiger partial charge in [0.25, 0.3) is 5.91 Å². The van der Waals surface area contributed by atoms with Crippen LogP contribution in [-0.4, -0.2) is 30.6 Å². The molecule has 0 aromatic heterocycles. The lowest BCUT2D eigenvalue weighted by molar-refractivity contribution is 0.0953. The Morgan fingerprint density at radius 1 is 1.53 bits per heavy atom. The summed E-state index contributed by atoms with van der Waals surface area (Å²) in [7, 11) is 1.61. The average Bonchev–Trinajstić information content (AvgIpc) is 2.45. The topological polar surface area (TPSA) is 38.3 Å². The summed E-state index contributed by atoms with van der Waals surface area (Å²) in [6.07, 6.45) is 3.79. The number of carbonyl (C=O) groups excluding carboxylic acids is 1. The fourth-order valence-electron chi connectivity index (χ4n) is 2.08. The maximum Gasteiger partial charge on any atom is 0.251 e. The number of ether oxygens (including phenoxy) is 1. The molecule has 1 heterocycles. The summed E-state index contributed by atoms with van der Waals surface area (Å²) >= 11 is 5.36. The van der Waals surface area contributed by atoms with Crippen molar-refractivity contribution in [1.29, 1.82) is 0 Å². The molecule has 3 nitrogen and oxygen atoms in total. The van der Waals surface area contributed by atoms with Crippen molar-refractivity contribution in [3.05, 3.63) is 28.2 Å². The molecule has 0 saturated carbocycles. The van der Waals surface area contributed by atoms with Crippen LogP contribution < -0.4 is 10.1 Å². The molecule has 1 saturated heterocycles. The molecular weight excluding hydrogens is 326 g/mol. The van der Waals surface area contributed by atoms with Gasteiger partial charge in [-0.3, -0.25) is 4.79 Å². The zero-order valence-corrected chi connectivity index (χ0v) is 13.4. The molecule has 0 radical (unpaired) electrons. The van der Waals surface area contributed by atoms with Gasteiger partial charge in [0.2, 0.25) is 0 Å². The van der Waals surface area contributed by atoms with Gasteiger partial charge in [0, 0.05) is 17.4 Å². The summed E-state index contributed by atoms with van der Waals surface area (Å²) in [5.41, 5.74) is 0.661. The Hall–Kier alpha value is -0.680. The third-order valence-corrected chi connectivity index (χ3v) is 5.20. The van der Waals surface area contributed by atoms with Crippen molar-refractivity contribution >= 4 is 33.6 Å². The van der Waals surface area contributed by atoms with Gasteiger partial charge in [-0.15, -0.1) is 0 Å². The third-order valence-electron chi connectivity index (χ3n) is 3.18. The Balaban J connectivity index is 1.90. The molecule has 104 valence electrons. The van der Waals surface area contributed by atoms with Crippen LogP contribution in [0.15, 0.2) is 22.7 Å². The van der Waals surface area contributed by atoms with Crippen molar-refractivity contribution in [2.75, 3.05) is 19.4 Å².